The number of aromatic amines is 1. The van der Waals surface area contributed by atoms with Gasteiger partial charge in [0.15, 0.2) is 12.4 Å². The van der Waals surface area contributed by atoms with Crippen molar-refractivity contribution in [2.75, 3.05) is 6.61 Å². The van der Waals surface area contributed by atoms with Crippen molar-refractivity contribution in [2.24, 2.45) is 0 Å². The first-order chi connectivity index (χ1) is 10.9. The molecule has 0 amide bonds. The lowest BCUT2D eigenvalue weighted by molar-refractivity contribution is -0.280. The molecule has 2 aromatic rings. The first-order valence-corrected chi connectivity index (χ1v) is 8.02. The number of rotatable bonds is 3. The predicted octanol–water partition coefficient (Wildman–Crippen LogP) is 0.762. The number of nitrogens with one attached hydrogen (secondary N) is 1. The van der Waals surface area contributed by atoms with E-state index in [1.54, 1.807) is 18.3 Å². The zero-order valence-corrected chi connectivity index (χ0v) is 14.0. The smallest absolute Gasteiger partial charge is 0.195 e. The summed E-state index contributed by atoms with van der Waals surface area (Å²) in [6.45, 7) is -0.527. The van der Waals surface area contributed by atoms with Crippen LogP contribution in [0.4, 0.5) is 0 Å². The number of ether oxygens (including phenoxy) is 2. The second-order valence-corrected chi connectivity index (χ2v) is 6.54. The maximum Gasteiger partial charge on any atom is 0.195 e. The number of aromatic nitrogens is 1. The summed E-state index contributed by atoms with van der Waals surface area (Å²) in [6.07, 6.45) is -5.02. The van der Waals surface area contributed by atoms with Crippen LogP contribution >= 0.6 is 27.5 Å². The molecule has 0 spiro atoms. The third kappa shape index (κ3) is 3.08. The van der Waals surface area contributed by atoms with Gasteiger partial charge in [0.05, 0.1) is 17.1 Å². The Labute approximate surface area is 144 Å². The third-order valence-electron chi connectivity index (χ3n) is 3.79. The molecule has 5 N–H and O–H groups in total. The van der Waals surface area contributed by atoms with Gasteiger partial charge in [-0.25, -0.2) is 0 Å². The average molecular weight is 409 g/mol. The van der Waals surface area contributed by atoms with Gasteiger partial charge < -0.3 is 34.9 Å². The second kappa shape index (κ2) is 6.56. The number of aliphatic hydroxyl groups excluding tert-OH is 4. The Morgan fingerprint density at radius 3 is 2.70 bits per heavy atom. The Morgan fingerprint density at radius 1 is 1.26 bits per heavy atom. The molecule has 7 nitrogen and oxygen atoms in total. The van der Waals surface area contributed by atoms with Crippen LogP contribution in [0.3, 0.4) is 0 Å². The maximum atomic E-state index is 10.1. The number of H-pyrrole nitrogens is 1. The van der Waals surface area contributed by atoms with Crippen LogP contribution in [-0.2, 0) is 4.74 Å². The lowest BCUT2D eigenvalue weighted by Crippen LogP contribution is -2.60. The molecule has 2 heterocycles. The van der Waals surface area contributed by atoms with Crippen LogP contribution in [0, 0.1) is 0 Å². The number of hydrogen-bond donors (Lipinski definition) is 5. The first-order valence-electron chi connectivity index (χ1n) is 6.85. The van der Waals surface area contributed by atoms with Crippen molar-refractivity contribution in [3.8, 4) is 5.75 Å². The van der Waals surface area contributed by atoms with Gasteiger partial charge >= 0.3 is 0 Å². The number of aliphatic hydroxyl groups is 4. The zero-order chi connectivity index (χ0) is 16.7. The van der Waals surface area contributed by atoms with Crippen molar-refractivity contribution < 1.29 is 29.9 Å². The van der Waals surface area contributed by atoms with Crippen LogP contribution in [0.1, 0.15) is 0 Å². The van der Waals surface area contributed by atoms with E-state index >= 15 is 0 Å². The van der Waals surface area contributed by atoms with Gasteiger partial charge in [0.25, 0.3) is 0 Å². The third-order valence-corrected chi connectivity index (χ3v) is 4.99. The van der Waals surface area contributed by atoms with E-state index in [4.69, 9.17) is 26.2 Å². The number of hydrogen-bond acceptors (Lipinski definition) is 6. The van der Waals surface area contributed by atoms with Crippen molar-refractivity contribution in [1.29, 1.82) is 0 Å². The standard InChI is InChI=1S/C14H15BrClNO6/c15-6-1-5-8(2-7(6)16)17-3-9(5)22-13-12(20)11(19)10(4-18)23-14(13)21/h1-3,10-14,17-21H,4H2/t10-,11+,12+,13-,14-/m1/s1. The topological polar surface area (TPSA) is 115 Å². The summed E-state index contributed by atoms with van der Waals surface area (Å²) < 4.78 is 11.4. The van der Waals surface area contributed by atoms with Gasteiger partial charge in [0.2, 0.25) is 0 Å². The predicted molar refractivity (Wildman–Crippen MR) is 85.4 cm³/mol. The number of halogens is 2. The molecule has 23 heavy (non-hydrogen) atoms. The van der Waals surface area contributed by atoms with Crippen molar-refractivity contribution in [1.82, 2.24) is 4.98 Å². The molecule has 1 aromatic heterocycles. The molecule has 0 aliphatic carbocycles. The summed E-state index contributed by atoms with van der Waals surface area (Å²) >= 11 is 9.34. The lowest BCUT2D eigenvalue weighted by Gasteiger charge is -2.39. The molecule has 1 saturated heterocycles. The average Bonchev–Trinajstić information content (AvgIpc) is 2.89. The van der Waals surface area contributed by atoms with Gasteiger partial charge in [0.1, 0.15) is 24.1 Å². The summed E-state index contributed by atoms with van der Waals surface area (Å²) in [4.78, 5) is 2.97. The molecular weight excluding hydrogens is 394 g/mol. The molecule has 126 valence electrons. The molecule has 1 aliphatic rings. The van der Waals surface area contributed by atoms with Crippen molar-refractivity contribution in [2.45, 2.75) is 30.7 Å². The van der Waals surface area contributed by atoms with E-state index in [1.807, 2.05) is 0 Å². The number of fused-ring (bicyclic) bond motifs is 1. The van der Waals surface area contributed by atoms with Crippen molar-refractivity contribution in [3.05, 3.63) is 27.8 Å². The zero-order valence-electron chi connectivity index (χ0n) is 11.7. The highest BCUT2D eigenvalue weighted by molar-refractivity contribution is 9.10. The Hall–Kier alpha value is -0.870. The largest absolute Gasteiger partial charge is 0.480 e. The summed E-state index contributed by atoms with van der Waals surface area (Å²) in [7, 11) is 0. The van der Waals surface area contributed by atoms with E-state index < -0.39 is 37.3 Å². The molecule has 1 fully saturated rings. The van der Waals surface area contributed by atoms with E-state index in [1.165, 1.54) is 0 Å². The van der Waals surface area contributed by atoms with E-state index in [-0.39, 0.29) is 0 Å². The summed E-state index contributed by atoms with van der Waals surface area (Å²) in [5.41, 5.74) is 0.711. The Bertz CT molecular complexity index is 710. The van der Waals surface area contributed by atoms with Crippen LogP contribution in [-0.4, -0.2) is 62.7 Å². The first kappa shape index (κ1) is 17.0. The van der Waals surface area contributed by atoms with Crippen molar-refractivity contribution >= 4 is 38.4 Å². The SMILES string of the molecule is OC[C@H]1O[C@@H](O)[C@H](Oc2c[nH]c3cc(Cl)c(Br)cc23)[C@@H](O)[C@H]1O. The van der Waals surface area contributed by atoms with E-state index in [0.29, 0.717) is 26.1 Å². The van der Waals surface area contributed by atoms with Crippen molar-refractivity contribution in [3.63, 3.8) is 0 Å². The van der Waals surface area contributed by atoms with Gasteiger partial charge in [0, 0.05) is 16.1 Å². The molecule has 3 rings (SSSR count). The van der Waals surface area contributed by atoms with Gasteiger partial charge in [-0.1, -0.05) is 11.6 Å². The van der Waals surface area contributed by atoms with E-state index in [9.17, 15) is 15.3 Å². The number of benzene rings is 1. The Balaban J connectivity index is 1.88. The molecule has 1 aliphatic heterocycles. The van der Waals surface area contributed by atoms with Gasteiger partial charge in [-0.3, -0.25) is 0 Å². The molecule has 5 atom stereocenters. The maximum absolute atomic E-state index is 10.1. The lowest BCUT2D eigenvalue weighted by atomic mass is 9.99. The van der Waals surface area contributed by atoms with Gasteiger partial charge in [-0.2, -0.15) is 0 Å². The minimum atomic E-state index is -1.49. The fourth-order valence-corrected chi connectivity index (χ4v) is 3.04. The minimum Gasteiger partial charge on any atom is -0.480 e. The highest BCUT2D eigenvalue weighted by atomic mass is 79.9. The van der Waals surface area contributed by atoms with Crippen LogP contribution in [0.15, 0.2) is 22.8 Å². The minimum absolute atomic E-state index is 0.360. The highest BCUT2D eigenvalue weighted by Crippen LogP contribution is 2.35. The van der Waals surface area contributed by atoms with Crippen LogP contribution in [0.2, 0.25) is 5.02 Å². The molecule has 0 bridgehead atoms. The normalized spacial score (nSPS) is 31.5. The Kier molecular flexibility index (Phi) is 4.84. The summed E-state index contributed by atoms with van der Waals surface area (Å²) in [5, 5.41) is 40.2. The molecule has 0 saturated carbocycles. The monoisotopic (exact) mass is 407 g/mol. The van der Waals surface area contributed by atoms with E-state index in [0.717, 1.165) is 0 Å². The molecule has 0 unspecified atom stereocenters. The fourth-order valence-electron chi connectivity index (χ4n) is 2.53. The molecule has 1 aromatic carbocycles. The second-order valence-electron chi connectivity index (χ2n) is 5.28. The quantitative estimate of drug-likeness (QED) is 0.512. The summed E-state index contributed by atoms with van der Waals surface area (Å²) in [5.74, 6) is 0.360. The molecular formula is C14H15BrClNO6. The van der Waals surface area contributed by atoms with Crippen LogP contribution < -0.4 is 4.74 Å². The highest BCUT2D eigenvalue weighted by Gasteiger charge is 2.45. The summed E-state index contributed by atoms with van der Waals surface area (Å²) in [6, 6.07) is 3.44. The van der Waals surface area contributed by atoms with Gasteiger partial charge in [-0.05, 0) is 28.1 Å². The van der Waals surface area contributed by atoms with E-state index in [2.05, 4.69) is 20.9 Å². The Morgan fingerprint density at radius 2 is 2.00 bits per heavy atom. The van der Waals surface area contributed by atoms with Gasteiger partial charge in [-0.15, -0.1) is 0 Å². The molecule has 0 radical (unpaired) electrons. The van der Waals surface area contributed by atoms with Crippen LogP contribution in [0.25, 0.3) is 10.9 Å². The molecule has 9 heteroatoms. The fraction of sp³-hybridized carbons (Fsp3) is 0.429. The van der Waals surface area contributed by atoms with Crippen LogP contribution in [0.5, 0.6) is 5.75 Å².